The molecule has 1 aromatic carbocycles. The molecular weight excluding hydrogens is 336 g/mol. The average molecular weight is 360 g/mol. The summed E-state index contributed by atoms with van der Waals surface area (Å²) in [7, 11) is 0. The monoisotopic (exact) mass is 360 g/mol. The van der Waals surface area contributed by atoms with Crippen molar-refractivity contribution in [2.45, 2.75) is 44.7 Å². The van der Waals surface area contributed by atoms with E-state index in [-0.39, 0.29) is 30.6 Å². The molecule has 2 fully saturated rings. The molecule has 0 bridgehead atoms. The van der Waals surface area contributed by atoms with E-state index < -0.39 is 6.04 Å². The predicted molar refractivity (Wildman–Crippen MR) is 92.5 cm³/mol. The lowest BCUT2D eigenvalue weighted by atomic mass is 9.69. The molecule has 1 saturated carbocycles. The van der Waals surface area contributed by atoms with Gasteiger partial charge in [-0.15, -0.1) is 0 Å². The smallest absolute Gasteiger partial charge is 0.242 e. The van der Waals surface area contributed by atoms with Crippen LogP contribution in [0.5, 0.6) is 11.5 Å². The van der Waals surface area contributed by atoms with Gasteiger partial charge in [-0.05, 0) is 37.0 Å². The van der Waals surface area contributed by atoms with Crippen molar-refractivity contribution in [1.82, 2.24) is 10.2 Å². The summed E-state index contributed by atoms with van der Waals surface area (Å²) in [5, 5.41) is 12.5. The van der Waals surface area contributed by atoms with E-state index in [2.05, 4.69) is 5.32 Å². The standard InChI is InChI=1S/C19H24N2O5/c22-11-19(6-1-7-19)10-20-18(24)14-3-5-17(23)21(14)9-13-2-4-15-16(8-13)26-12-25-15/h2,4,8,14,22H,1,3,5-7,9-12H2,(H,20,24). The second-order valence-electron chi connectivity index (χ2n) is 7.49. The molecule has 2 amide bonds. The zero-order valence-corrected chi connectivity index (χ0v) is 14.7. The average Bonchev–Trinajstić information content (AvgIpc) is 3.21. The van der Waals surface area contributed by atoms with Crippen LogP contribution in [-0.4, -0.2) is 47.8 Å². The fourth-order valence-corrected chi connectivity index (χ4v) is 3.90. The Kier molecular flexibility index (Phi) is 4.48. The molecule has 1 aromatic rings. The molecule has 140 valence electrons. The van der Waals surface area contributed by atoms with Gasteiger partial charge in [0.25, 0.3) is 0 Å². The lowest BCUT2D eigenvalue weighted by Gasteiger charge is -2.40. The number of amides is 2. The van der Waals surface area contributed by atoms with Crippen LogP contribution in [0.3, 0.4) is 0 Å². The van der Waals surface area contributed by atoms with Crippen molar-refractivity contribution in [2.75, 3.05) is 19.9 Å². The van der Waals surface area contributed by atoms with Crippen molar-refractivity contribution < 1.29 is 24.2 Å². The number of carbonyl (C=O) groups excluding carboxylic acids is 2. The molecule has 2 aliphatic heterocycles. The molecule has 7 nitrogen and oxygen atoms in total. The lowest BCUT2D eigenvalue weighted by molar-refractivity contribution is -0.136. The number of ether oxygens (including phenoxy) is 2. The number of benzene rings is 1. The Balaban J connectivity index is 1.41. The minimum absolute atomic E-state index is 0.0108. The highest BCUT2D eigenvalue weighted by molar-refractivity contribution is 5.90. The molecular formula is C19H24N2O5. The Morgan fingerprint density at radius 1 is 1.31 bits per heavy atom. The summed E-state index contributed by atoms with van der Waals surface area (Å²) in [5.41, 5.74) is 0.744. The van der Waals surface area contributed by atoms with Crippen molar-refractivity contribution in [3.05, 3.63) is 23.8 Å². The number of fused-ring (bicyclic) bond motifs is 1. The number of rotatable bonds is 6. The van der Waals surface area contributed by atoms with Crippen molar-refractivity contribution >= 4 is 11.8 Å². The van der Waals surface area contributed by atoms with Gasteiger partial charge in [-0.25, -0.2) is 0 Å². The van der Waals surface area contributed by atoms with Crippen LogP contribution in [0.1, 0.15) is 37.7 Å². The first kappa shape index (κ1) is 17.1. The second kappa shape index (κ2) is 6.79. The Labute approximate surface area is 152 Å². The molecule has 4 rings (SSSR count). The van der Waals surface area contributed by atoms with Gasteiger partial charge < -0.3 is 24.8 Å². The SMILES string of the molecule is O=C(NCC1(CO)CCC1)C1CCC(=O)N1Cc1ccc2c(c1)OCO2. The van der Waals surface area contributed by atoms with Crippen LogP contribution in [-0.2, 0) is 16.1 Å². The normalized spacial score (nSPS) is 23.0. The third-order valence-electron chi connectivity index (χ3n) is 5.81. The van der Waals surface area contributed by atoms with Gasteiger partial charge in [-0.1, -0.05) is 12.5 Å². The fraction of sp³-hybridized carbons (Fsp3) is 0.579. The van der Waals surface area contributed by atoms with Crippen molar-refractivity contribution in [2.24, 2.45) is 5.41 Å². The first-order valence-corrected chi connectivity index (χ1v) is 9.17. The van der Waals surface area contributed by atoms with Crippen molar-refractivity contribution in [1.29, 1.82) is 0 Å². The number of nitrogens with zero attached hydrogens (tertiary/aromatic N) is 1. The Hall–Kier alpha value is -2.28. The number of likely N-dealkylation sites (tertiary alicyclic amines) is 1. The first-order chi connectivity index (χ1) is 12.6. The van der Waals surface area contributed by atoms with E-state index in [1.807, 2.05) is 18.2 Å². The topological polar surface area (TPSA) is 88.1 Å². The van der Waals surface area contributed by atoms with Gasteiger partial charge in [0.15, 0.2) is 11.5 Å². The van der Waals surface area contributed by atoms with Gasteiger partial charge in [0.2, 0.25) is 18.6 Å². The van der Waals surface area contributed by atoms with Crippen LogP contribution >= 0.6 is 0 Å². The third kappa shape index (κ3) is 3.11. The first-order valence-electron chi connectivity index (χ1n) is 9.17. The van der Waals surface area contributed by atoms with Gasteiger partial charge >= 0.3 is 0 Å². The number of hydrogen-bond donors (Lipinski definition) is 2. The number of nitrogens with one attached hydrogen (secondary N) is 1. The largest absolute Gasteiger partial charge is 0.454 e. The van der Waals surface area contributed by atoms with Crippen LogP contribution in [0, 0.1) is 5.41 Å². The number of hydrogen-bond acceptors (Lipinski definition) is 5. The molecule has 0 radical (unpaired) electrons. The van der Waals surface area contributed by atoms with Crippen molar-refractivity contribution in [3.63, 3.8) is 0 Å². The Morgan fingerprint density at radius 2 is 2.12 bits per heavy atom. The highest BCUT2D eigenvalue weighted by Gasteiger charge is 2.40. The zero-order valence-electron chi connectivity index (χ0n) is 14.7. The molecule has 1 saturated heterocycles. The summed E-state index contributed by atoms with van der Waals surface area (Å²) in [4.78, 5) is 26.6. The molecule has 2 N–H and O–H groups in total. The van der Waals surface area contributed by atoms with Gasteiger partial charge in [0.05, 0.1) is 6.61 Å². The molecule has 1 atom stereocenters. The van der Waals surface area contributed by atoms with Gasteiger partial charge in [0.1, 0.15) is 6.04 Å². The van der Waals surface area contributed by atoms with E-state index in [1.165, 1.54) is 0 Å². The molecule has 26 heavy (non-hydrogen) atoms. The van der Waals surface area contributed by atoms with E-state index in [0.29, 0.717) is 37.4 Å². The van der Waals surface area contributed by atoms with Crippen LogP contribution in [0.25, 0.3) is 0 Å². The Bertz CT molecular complexity index is 710. The highest BCUT2D eigenvalue weighted by atomic mass is 16.7. The number of aliphatic hydroxyl groups is 1. The minimum atomic E-state index is -0.455. The zero-order chi connectivity index (χ0) is 18.1. The van der Waals surface area contributed by atoms with Crippen LogP contribution in [0.4, 0.5) is 0 Å². The fourth-order valence-electron chi connectivity index (χ4n) is 3.90. The summed E-state index contributed by atoms with van der Waals surface area (Å²) in [6.07, 6.45) is 3.88. The van der Waals surface area contributed by atoms with Gasteiger partial charge in [0, 0.05) is 24.9 Å². The van der Waals surface area contributed by atoms with Crippen LogP contribution in [0.2, 0.25) is 0 Å². The molecule has 0 aromatic heterocycles. The molecule has 1 aliphatic carbocycles. The summed E-state index contributed by atoms with van der Waals surface area (Å²) in [6.45, 7) is 1.15. The van der Waals surface area contributed by atoms with Gasteiger partial charge in [-0.2, -0.15) is 0 Å². The van der Waals surface area contributed by atoms with E-state index in [9.17, 15) is 14.7 Å². The highest BCUT2D eigenvalue weighted by Crippen LogP contribution is 2.39. The number of carbonyl (C=O) groups is 2. The molecule has 1 unspecified atom stereocenters. The second-order valence-corrected chi connectivity index (χ2v) is 7.49. The minimum Gasteiger partial charge on any atom is -0.454 e. The summed E-state index contributed by atoms with van der Waals surface area (Å²) < 4.78 is 10.7. The third-order valence-corrected chi connectivity index (χ3v) is 5.81. The van der Waals surface area contributed by atoms with E-state index in [1.54, 1.807) is 4.90 Å². The quantitative estimate of drug-likeness (QED) is 0.796. The summed E-state index contributed by atoms with van der Waals surface area (Å²) >= 11 is 0. The maximum Gasteiger partial charge on any atom is 0.242 e. The maximum atomic E-state index is 12.7. The lowest BCUT2D eigenvalue weighted by Crippen LogP contribution is -2.50. The molecule has 2 heterocycles. The molecule has 7 heteroatoms. The van der Waals surface area contributed by atoms with Gasteiger partial charge in [-0.3, -0.25) is 9.59 Å². The summed E-state index contributed by atoms with van der Waals surface area (Å²) in [5.74, 6) is 1.23. The molecule has 0 spiro atoms. The Morgan fingerprint density at radius 3 is 2.85 bits per heavy atom. The number of aliphatic hydroxyl groups excluding tert-OH is 1. The predicted octanol–water partition coefficient (Wildman–Crippen LogP) is 1.19. The van der Waals surface area contributed by atoms with E-state index in [0.717, 1.165) is 24.8 Å². The van der Waals surface area contributed by atoms with E-state index in [4.69, 9.17) is 9.47 Å². The van der Waals surface area contributed by atoms with E-state index >= 15 is 0 Å². The summed E-state index contributed by atoms with van der Waals surface area (Å²) in [6, 6.07) is 5.12. The van der Waals surface area contributed by atoms with Crippen LogP contribution < -0.4 is 14.8 Å². The van der Waals surface area contributed by atoms with Crippen LogP contribution in [0.15, 0.2) is 18.2 Å². The van der Waals surface area contributed by atoms with Crippen molar-refractivity contribution in [3.8, 4) is 11.5 Å². The maximum absolute atomic E-state index is 12.7. The molecule has 3 aliphatic rings.